The first-order chi connectivity index (χ1) is 11.2. The summed E-state index contributed by atoms with van der Waals surface area (Å²) < 4.78 is 7.05. The first-order valence-electron chi connectivity index (χ1n) is 7.77. The quantitative estimate of drug-likeness (QED) is 0.864. The maximum absolute atomic E-state index is 11.9. The fourth-order valence-corrected chi connectivity index (χ4v) is 2.71. The number of rotatable bonds is 5. The standard InChI is InChI=1S/C16H21N5O2/c1-23-10-13(17)16(22)18-12-7-5-11(6-8-12)15-20-19-14-4-2-3-9-21(14)15/h5-8,13H,2-4,9-10,17H2,1H3,(H,18,22). The zero-order valence-corrected chi connectivity index (χ0v) is 13.2. The Morgan fingerprint density at radius 1 is 1.35 bits per heavy atom. The van der Waals surface area contributed by atoms with Crippen LogP contribution in [-0.2, 0) is 22.5 Å². The van der Waals surface area contributed by atoms with Gasteiger partial charge in [-0.25, -0.2) is 0 Å². The summed E-state index contributed by atoms with van der Waals surface area (Å²) in [4.78, 5) is 11.9. The van der Waals surface area contributed by atoms with E-state index in [1.165, 1.54) is 13.5 Å². The molecule has 2 aromatic rings. The van der Waals surface area contributed by atoms with Crippen molar-refractivity contribution in [3.05, 3.63) is 30.1 Å². The molecule has 1 amide bonds. The minimum Gasteiger partial charge on any atom is -0.383 e. The third-order valence-electron chi connectivity index (χ3n) is 3.95. The smallest absolute Gasteiger partial charge is 0.243 e. The second-order valence-electron chi connectivity index (χ2n) is 5.68. The van der Waals surface area contributed by atoms with E-state index in [0.29, 0.717) is 5.69 Å². The number of amides is 1. The minimum atomic E-state index is -0.678. The SMILES string of the molecule is COCC(N)C(=O)Nc1ccc(-c2nnc3n2CCCC3)cc1. The number of fused-ring (bicyclic) bond motifs is 1. The van der Waals surface area contributed by atoms with Crippen LogP contribution in [0.1, 0.15) is 18.7 Å². The fraction of sp³-hybridized carbons (Fsp3) is 0.438. The van der Waals surface area contributed by atoms with Gasteiger partial charge in [-0.3, -0.25) is 4.79 Å². The Morgan fingerprint density at radius 2 is 2.13 bits per heavy atom. The average Bonchev–Trinajstić information content (AvgIpc) is 3.00. The Hall–Kier alpha value is -2.25. The van der Waals surface area contributed by atoms with Gasteiger partial charge in [0, 0.05) is 31.3 Å². The number of nitrogens with one attached hydrogen (secondary N) is 1. The Labute approximate surface area is 134 Å². The van der Waals surface area contributed by atoms with Crippen LogP contribution in [0.3, 0.4) is 0 Å². The number of nitrogens with zero attached hydrogens (tertiary/aromatic N) is 3. The molecule has 0 saturated carbocycles. The van der Waals surface area contributed by atoms with E-state index in [2.05, 4.69) is 20.1 Å². The van der Waals surface area contributed by atoms with Gasteiger partial charge >= 0.3 is 0 Å². The molecule has 0 saturated heterocycles. The molecule has 1 aromatic heterocycles. The number of ether oxygens (including phenoxy) is 1. The van der Waals surface area contributed by atoms with E-state index in [1.807, 2.05) is 24.3 Å². The van der Waals surface area contributed by atoms with Crippen molar-refractivity contribution in [2.75, 3.05) is 19.0 Å². The number of aryl methyl sites for hydroxylation is 1. The normalized spacial score (nSPS) is 15.0. The molecule has 1 atom stereocenters. The molecule has 2 heterocycles. The van der Waals surface area contributed by atoms with Crippen LogP contribution in [0.15, 0.2) is 24.3 Å². The lowest BCUT2D eigenvalue weighted by atomic mass is 10.1. The zero-order valence-electron chi connectivity index (χ0n) is 13.2. The highest BCUT2D eigenvalue weighted by molar-refractivity contribution is 5.94. The molecule has 0 spiro atoms. The van der Waals surface area contributed by atoms with Gasteiger partial charge in [-0.2, -0.15) is 0 Å². The molecule has 122 valence electrons. The Bertz CT molecular complexity index is 680. The maximum Gasteiger partial charge on any atom is 0.243 e. The topological polar surface area (TPSA) is 95.1 Å². The first-order valence-corrected chi connectivity index (χ1v) is 7.77. The lowest BCUT2D eigenvalue weighted by molar-refractivity contribution is -0.118. The van der Waals surface area contributed by atoms with Crippen molar-refractivity contribution in [3.63, 3.8) is 0 Å². The molecule has 7 nitrogen and oxygen atoms in total. The van der Waals surface area contributed by atoms with E-state index >= 15 is 0 Å². The van der Waals surface area contributed by atoms with Gasteiger partial charge in [-0.15, -0.1) is 10.2 Å². The molecular weight excluding hydrogens is 294 g/mol. The Balaban J connectivity index is 1.72. The first kappa shape index (κ1) is 15.6. The van der Waals surface area contributed by atoms with Gasteiger partial charge in [-0.1, -0.05) is 0 Å². The van der Waals surface area contributed by atoms with Crippen molar-refractivity contribution in [2.45, 2.75) is 31.8 Å². The molecular formula is C16H21N5O2. The number of carbonyl (C=O) groups excluding carboxylic acids is 1. The predicted molar refractivity (Wildman–Crippen MR) is 86.9 cm³/mol. The lowest BCUT2D eigenvalue weighted by Gasteiger charge is -2.15. The van der Waals surface area contributed by atoms with Crippen LogP contribution in [0, 0.1) is 0 Å². The van der Waals surface area contributed by atoms with E-state index in [1.54, 1.807) is 0 Å². The summed E-state index contributed by atoms with van der Waals surface area (Å²) in [6, 6.07) is 6.88. The van der Waals surface area contributed by atoms with Gasteiger partial charge in [0.25, 0.3) is 0 Å². The van der Waals surface area contributed by atoms with Crippen LogP contribution in [0.4, 0.5) is 5.69 Å². The van der Waals surface area contributed by atoms with Crippen LogP contribution >= 0.6 is 0 Å². The lowest BCUT2D eigenvalue weighted by Crippen LogP contribution is -2.39. The molecule has 0 bridgehead atoms. The number of hydrogen-bond donors (Lipinski definition) is 2. The number of nitrogens with two attached hydrogens (primary N) is 1. The van der Waals surface area contributed by atoms with Gasteiger partial charge in [-0.05, 0) is 37.1 Å². The third kappa shape index (κ3) is 3.40. The van der Waals surface area contributed by atoms with Crippen molar-refractivity contribution in [2.24, 2.45) is 5.73 Å². The molecule has 3 N–H and O–H groups in total. The van der Waals surface area contributed by atoms with Crippen LogP contribution in [0.5, 0.6) is 0 Å². The molecule has 7 heteroatoms. The van der Waals surface area contributed by atoms with E-state index in [-0.39, 0.29) is 12.5 Å². The molecule has 3 rings (SSSR count). The Morgan fingerprint density at radius 3 is 2.87 bits per heavy atom. The highest BCUT2D eigenvalue weighted by Gasteiger charge is 2.17. The predicted octanol–water partition coefficient (Wildman–Crippen LogP) is 1.19. The summed E-state index contributed by atoms with van der Waals surface area (Å²) in [5, 5.41) is 11.3. The molecule has 23 heavy (non-hydrogen) atoms. The monoisotopic (exact) mass is 315 g/mol. The number of hydrogen-bond acceptors (Lipinski definition) is 5. The molecule has 0 aliphatic carbocycles. The average molecular weight is 315 g/mol. The van der Waals surface area contributed by atoms with Crippen molar-refractivity contribution >= 4 is 11.6 Å². The largest absolute Gasteiger partial charge is 0.383 e. The van der Waals surface area contributed by atoms with E-state index in [4.69, 9.17) is 10.5 Å². The molecule has 0 fully saturated rings. The minimum absolute atomic E-state index is 0.190. The number of aromatic nitrogens is 3. The van der Waals surface area contributed by atoms with Gasteiger partial charge in [0.15, 0.2) is 5.82 Å². The summed E-state index contributed by atoms with van der Waals surface area (Å²) in [6.45, 7) is 1.15. The highest BCUT2D eigenvalue weighted by Crippen LogP contribution is 2.24. The van der Waals surface area contributed by atoms with Gasteiger partial charge < -0.3 is 20.4 Å². The van der Waals surface area contributed by atoms with Crippen LogP contribution < -0.4 is 11.1 Å². The van der Waals surface area contributed by atoms with Gasteiger partial charge in [0.1, 0.15) is 11.9 Å². The maximum atomic E-state index is 11.9. The van der Waals surface area contributed by atoms with E-state index < -0.39 is 6.04 Å². The molecule has 1 aromatic carbocycles. The van der Waals surface area contributed by atoms with Crippen LogP contribution in [0.2, 0.25) is 0 Å². The second-order valence-corrected chi connectivity index (χ2v) is 5.68. The van der Waals surface area contributed by atoms with Crippen molar-refractivity contribution in [1.82, 2.24) is 14.8 Å². The zero-order chi connectivity index (χ0) is 16.2. The second kappa shape index (κ2) is 6.89. The van der Waals surface area contributed by atoms with Gasteiger partial charge in [0.05, 0.1) is 6.61 Å². The molecule has 1 unspecified atom stereocenters. The molecule has 0 radical (unpaired) electrons. The van der Waals surface area contributed by atoms with E-state index in [0.717, 1.165) is 36.6 Å². The van der Waals surface area contributed by atoms with Crippen molar-refractivity contribution in [3.8, 4) is 11.4 Å². The summed E-state index contributed by atoms with van der Waals surface area (Å²) >= 11 is 0. The van der Waals surface area contributed by atoms with Crippen LogP contribution in [0.25, 0.3) is 11.4 Å². The number of carbonyl (C=O) groups is 1. The van der Waals surface area contributed by atoms with Gasteiger partial charge in [0.2, 0.25) is 5.91 Å². The summed E-state index contributed by atoms with van der Waals surface area (Å²) in [5.41, 5.74) is 7.39. The summed E-state index contributed by atoms with van der Waals surface area (Å²) in [6.07, 6.45) is 3.31. The van der Waals surface area contributed by atoms with E-state index in [9.17, 15) is 4.79 Å². The summed E-state index contributed by atoms with van der Waals surface area (Å²) in [5.74, 6) is 1.67. The molecule has 1 aliphatic heterocycles. The van der Waals surface area contributed by atoms with Crippen molar-refractivity contribution in [1.29, 1.82) is 0 Å². The van der Waals surface area contributed by atoms with Crippen molar-refractivity contribution < 1.29 is 9.53 Å². The fourth-order valence-electron chi connectivity index (χ4n) is 2.71. The molecule has 1 aliphatic rings. The highest BCUT2D eigenvalue weighted by atomic mass is 16.5. The summed E-state index contributed by atoms with van der Waals surface area (Å²) in [7, 11) is 1.52. The number of methoxy groups -OCH3 is 1. The third-order valence-corrected chi connectivity index (χ3v) is 3.95. The Kier molecular flexibility index (Phi) is 4.68. The van der Waals surface area contributed by atoms with Crippen LogP contribution in [-0.4, -0.2) is 40.4 Å². The number of benzene rings is 1. The number of anilines is 1.